The van der Waals surface area contributed by atoms with E-state index < -0.39 is 12.0 Å². The molecule has 2 N–H and O–H groups in total. The normalized spacial score (nSPS) is 17.4. The van der Waals surface area contributed by atoms with Crippen LogP contribution in [0.5, 0.6) is 5.75 Å². The van der Waals surface area contributed by atoms with Gasteiger partial charge in [0.1, 0.15) is 11.8 Å². The summed E-state index contributed by atoms with van der Waals surface area (Å²) in [5, 5.41) is 11.7. The fraction of sp³-hybridized carbons (Fsp3) is 0.400. The number of aromatic nitrogens is 2. The number of unbranched alkanes of at least 4 members (excludes halogenated alkanes) is 2. The molecular formula is C20H23N5O4. The lowest BCUT2D eigenvalue weighted by Crippen LogP contribution is -2.38. The largest absolute Gasteiger partial charge is 0.494 e. The lowest BCUT2D eigenvalue weighted by molar-refractivity contribution is -0.140. The molecule has 1 saturated heterocycles. The summed E-state index contributed by atoms with van der Waals surface area (Å²) in [5.74, 6) is -0.168. The van der Waals surface area contributed by atoms with Gasteiger partial charge in [0.25, 0.3) is 0 Å². The number of amides is 1. The van der Waals surface area contributed by atoms with E-state index in [1.165, 1.54) is 0 Å². The number of rotatable bonds is 9. The van der Waals surface area contributed by atoms with Crippen molar-refractivity contribution in [3.63, 3.8) is 0 Å². The third-order valence-corrected chi connectivity index (χ3v) is 5.06. The number of fused-ring (bicyclic) bond motifs is 2. The Labute approximate surface area is 168 Å². The first-order valence-electron chi connectivity index (χ1n) is 9.69. The van der Waals surface area contributed by atoms with E-state index in [-0.39, 0.29) is 12.3 Å². The maximum absolute atomic E-state index is 12.1. The van der Waals surface area contributed by atoms with Crippen LogP contribution in [0.15, 0.2) is 41.9 Å². The summed E-state index contributed by atoms with van der Waals surface area (Å²) in [6, 6.07) is 4.92. The minimum atomic E-state index is -1.01. The number of ether oxygens (including phenoxy) is 1. The molecule has 0 radical (unpaired) electrons. The van der Waals surface area contributed by atoms with Crippen molar-refractivity contribution < 1.29 is 19.4 Å². The standard InChI is InChI=1S/C20H23N5O4/c26-18(27)11-17-19(28)23-20-22-16-5-4-15(10-14(16)12-25(17)20)29-9-3-1-2-7-24-8-6-21-13-24/h4-6,8,10,13,17H,1-3,7,9,11-12H2,(H,26,27)(H,22,23,28). The minimum Gasteiger partial charge on any atom is -0.494 e. The number of carboxylic acids is 1. The van der Waals surface area contributed by atoms with E-state index >= 15 is 0 Å². The summed E-state index contributed by atoms with van der Waals surface area (Å²) < 4.78 is 7.93. The lowest BCUT2D eigenvalue weighted by atomic mass is 10.1. The molecular weight excluding hydrogens is 374 g/mol. The number of nitrogens with one attached hydrogen (secondary N) is 1. The predicted molar refractivity (Wildman–Crippen MR) is 105 cm³/mol. The molecule has 1 amide bonds. The summed E-state index contributed by atoms with van der Waals surface area (Å²) >= 11 is 0. The van der Waals surface area contributed by atoms with Crippen molar-refractivity contribution in [1.82, 2.24) is 19.8 Å². The zero-order valence-corrected chi connectivity index (χ0v) is 16.0. The Hall–Kier alpha value is -3.36. The molecule has 0 bridgehead atoms. The van der Waals surface area contributed by atoms with E-state index in [1.807, 2.05) is 30.7 Å². The molecule has 29 heavy (non-hydrogen) atoms. The minimum absolute atomic E-state index is 0.255. The van der Waals surface area contributed by atoms with Crippen LogP contribution in [-0.2, 0) is 22.7 Å². The van der Waals surface area contributed by atoms with E-state index in [2.05, 4.69) is 19.9 Å². The molecule has 2 aromatic rings. The Bertz CT molecular complexity index is 925. The van der Waals surface area contributed by atoms with Crippen LogP contribution in [-0.4, -0.2) is 50.0 Å². The molecule has 2 aliphatic heterocycles. The molecule has 152 valence electrons. The van der Waals surface area contributed by atoms with Crippen LogP contribution >= 0.6 is 0 Å². The van der Waals surface area contributed by atoms with E-state index in [4.69, 9.17) is 9.84 Å². The summed E-state index contributed by atoms with van der Waals surface area (Å²) in [4.78, 5) is 33.3. The van der Waals surface area contributed by atoms with Crippen LogP contribution in [0, 0.1) is 0 Å². The number of benzene rings is 1. The SMILES string of the molecule is O=C(O)CC1C(=O)NC2=Nc3ccc(OCCCCCn4ccnc4)cc3CN21. The molecule has 0 aliphatic carbocycles. The number of aliphatic imine (C=N–C) groups is 1. The van der Waals surface area contributed by atoms with Crippen molar-refractivity contribution in [2.45, 2.75) is 44.8 Å². The number of hydrogen-bond donors (Lipinski definition) is 2. The van der Waals surface area contributed by atoms with Gasteiger partial charge in [-0.3, -0.25) is 14.9 Å². The number of carbonyl (C=O) groups is 2. The molecule has 0 saturated carbocycles. The van der Waals surface area contributed by atoms with Gasteiger partial charge in [-0.25, -0.2) is 9.98 Å². The van der Waals surface area contributed by atoms with Crippen LogP contribution in [0.2, 0.25) is 0 Å². The molecule has 3 heterocycles. The van der Waals surface area contributed by atoms with Gasteiger partial charge in [-0.1, -0.05) is 0 Å². The summed E-state index contributed by atoms with van der Waals surface area (Å²) in [6.45, 7) is 2.01. The highest BCUT2D eigenvalue weighted by Crippen LogP contribution is 2.32. The van der Waals surface area contributed by atoms with Crippen LogP contribution in [0.4, 0.5) is 5.69 Å². The first-order valence-corrected chi connectivity index (χ1v) is 9.69. The zero-order chi connectivity index (χ0) is 20.2. The second-order valence-electron chi connectivity index (χ2n) is 7.17. The maximum atomic E-state index is 12.1. The number of hydrogen-bond acceptors (Lipinski definition) is 6. The summed E-state index contributed by atoms with van der Waals surface area (Å²) in [7, 11) is 0. The summed E-state index contributed by atoms with van der Waals surface area (Å²) in [5.41, 5.74) is 1.68. The number of nitrogens with zero attached hydrogens (tertiary/aromatic N) is 4. The molecule has 2 aliphatic rings. The topological polar surface area (TPSA) is 109 Å². The monoisotopic (exact) mass is 397 g/mol. The first-order chi connectivity index (χ1) is 14.1. The van der Waals surface area contributed by atoms with Crippen molar-refractivity contribution >= 4 is 23.5 Å². The van der Waals surface area contributed by atoms with Gasteiger partial charge in [0.15, 0.2) is 0 Å². The number of carbonyl (C=O) groups excluding carboxylic acids is 1. The van der Waals surface area contributed by atoms with Gasteiger partial charge < -0.3 is 19.3 Å². The van der Waals surface area contributed by atoms with E-state index in [0.717, 1.165) is 42.8 Å². The Kier molecular flexibility index (Phi) is 5.46. The zero-order valence-electron chi connectivity index (χ0n) is 16.0. The highest BCUT2D eigenvalue weighted by atomic mass is 16.5. The fourth-order valence-electron chi connectivity index (χ4n) is 3.57. The van der Waals surface area contributed by atoms with Crippen molar-refractivity contribution in [2.75, 3.05) is 6.61 Å². The molecule has 0 spiro atoms. The first kappa shape index (κ1) is 19.0. The quantitative estimate of drug-likeness (QED) is 0.626. The van der Waals surface area contributed by atoms with Gasteiger partial charge in [0.2, 0.25) is 11.9 Å². The lowest BCUT2D eigenvalue weighted by Gasteiger charge is -2.27. The highest BCUT2D eigenvalue weighted by Gasteiger charge is 2.40. The third kappa shape index (κ3) is 4.39. The summed E-state index contributed by atoms with van der Waals surface area (Å²) in [6.07, 6.45) is 8.40. The van der Waals surface area contributed by atoms with Crippen molar-refractivity contribution in [3.8, 4) is 5.75 Å². The molecule has 9 heteroatoms. The molecule has 4 rings (SSSR count). The number of imidazole rings is 1. The van der Waals surface area contributed by atoms with Gasteiger partial charge >= 0.3 is 5.97 Å². The van der Waals surface area contributed by atoms with Gasteiger partial charge in [-0.2, -0.15) is 0 Å². The van der Waals surface area contributed by atoms with E-state index in [9.17, 15) is 9.59 Å². The number of guanidine groups is 1. The molecule has 1 atom stereocenters. The van der Waals surface area contributed by atoms with Crippen LogP contribution < -0.4 is 10.1 Å². The van der Waals surface area contributed by atoms with Gasteiger partial charge in [0.05, 0.1) is 25.0 Å². The van der Waals surface area contributed by atoms with Gasteiger partial charge in [-0.05, 0) is 37.5 Å². The van der Waals surface area contributed by atoms with Crippen molar-refractivity contribution in [2.24, 2.45) is 4.99 Å². The Balaban J connectivity index is 1.30. The van der Waals surface area contributed by atoms with Gasteiger partial charge in [-0.15, -0.1) is 0 Å². The second-order valence-corrected chi connectivity index (χ2v) is 7.17. The van der Waals surface area contributed by atoms with Crippen molar-refractivity contribution in [3.05, 3.63) is 42.5 Å². The molecule has 1 fully saturated rings. The Morgan fingerprint density at radius 3 is 3.00 bits per heavy atom. The number of carboxylic acid groups (broad SMARTS) is 1. The Morgan fingerprint density at radius 2 is 2.21 bits per heavy atom. The number of aliphatic carboxylic acids is 1. The average molecular weight is 397 g/mol. The van der Waals surface area contributed by atoms with Crippen LogP contribution in [0.3, 0.4) is 0 Å². The molecule has 1 aromatic carbocycles. The van der Waals surface area contributed by atoms with E-state index in [1.54, 1.807) is 11.1 Å². The average Bonchev–Trinajstić information content (AvgIpc) is 3.31. The fourth-order valence-corrected chi connectivity index (χ4v) is 3.57. The van der Waals surface area contributed by atoms with Gasteiger partial charge in [0, 0.05) is 31.0 Å². The molecule has 1 aromatic heterocycles. The smallest absolute Gasteiger partial charge is 0.305 e. The van der Waals surface area contributed by atoms with Crippen LogP contribution in [0.25, 0.3) is 0 Å². The third-order valence-electron chi connectivity index (χ3n) is 5.06. The van der Waals surface area contributed by atoms with Crippen LogP contribution in [0.1, 0.15) is 31.2 Å². The Morgan fingerprint density at radius 1 is 1.31 bits per heavy atom. The maximum Gasteiger partial charge on any atom is 0.305 e. The van der Waals surface area contributed by atoms with E-state index in [0.29, 0.717) is 19.1 Å². The second kappa shape index (κ2) is 8.34. The number of aryl methyl sites for hydroxylation is 1. The molecule has 1 unspecified atom stereocenters. The molecule has 9 nitrogen and oxygen atoms in total. The highest BCUT2D eigenvalue weighted by molar-refractivity contribution is 6.08. The predicted octanol–water partition coefficient (Wildman–Crippen LogP) is 1.91. The van der Waals surface area contributed by atoms with Crippen molar-refractivity contribution in [1.29, 1.82) is 0 Å².